The quantitative estimate of drug-likeness (QED) is 0.907. The van der Waals surface area contributed by atoms with Gasteiger partial charge in [0.05, 0.1) is 7.11 Å². The molecule has 25 heavy (non-hydrogen) atoms. The van der Waals surface area contributed by atoms with Crippen molar-refractivity contribution in [1.82, 2.24) is 9.88 Å². The average Bonchev–Trinajstić information content (AvgIpc) is 3.19. The van der Waals surface area contributed by atoms with Gasteiger partial charge in [0.15, 0.2) is 0 Å². The number of hydrogen-bond acceptors (Lipinski definition) is 4. The minimum absolute atomic E-state index is 0. The van der Waals surface area contributed by atoms with E-state index in [2.05, 4.69) is 53.4 Å². The molecule has 4 rings (SSSR count). The van der Waals surface area contributed by atoms with Crippen LogP contribution in [0, 0.1) is 0 Å². The molecule has 0 radical (unpaired) electrons. The molecule has 1 aromatic heterocycles. The fraction of sp³-hybridized carbons (Fsp3) is 0.476. The molecule has 0 saturated carbocycles. The second-order valence-electron chi connectivity index (χ2n) is 7.74. The Morgan fingerprint density at radius 2 is 2.16 bits per heavy atom. The molecule has 2 aromatic rings. The van der Waals surface area contributed by atoms with Crippen molar-refractivity contribution >= 4 is 5.69 Å². The van der Waals surface area contributed by atoms with Crippen LogP contribution in [-0.4, -0.2) is 43.2 Å². The van der Waals surface area contributed by atoms with Crippen molar-refractivity contribution in [2.24, 2.45) is 0 Å². The van der Waals surface area contributed by atoms with E-state index < -0.39 is 0 Å². The summed E-state index contributed by atoms with van der Waals surface area (Å²) in [5.41, 5.74) is 5.30. The number of nitrogens with one attached hydrogen (secondary N) is 1. The Hall–Kier alpha value is -2.07. The van der Waals surface area contributed by atoms with E-state index >= 15 is 0 Å². The number of hydrogen-bond donors (Lipinski definition) is 1. The summed E-state index contributed by atoms with van der Waals surface area (Å²) in [6, 6.07) is 11.5. The third-order valence-corrected chi connectivity index (χ3v) is 5.97. The van der Waals surface area contributed by atoms with Crippen LogP contribution in [0.1, 0.15) is 33.2 Å². The number of nitrogens with zero attached hydrogens (tertiary/aromatic N) is 2. The van der Waals surface area contributed by atoms with Crippen molar-refractivity contribution in [2.45, 2.75) is 37.6 Å². The lowest BCUT2D eigenvalue weighted by Crippen LogP contribution is -2.35. The Morgan fingerprint density at radius 3 is 2.92 bits per heavy atom. The highest BCUT2D eigenvalue weighted by Crippen LogP contribution is 2.43. The van der Waals surface area contributed by atoms with Gasteiger partial charge in [0.1, 0.15) is 0 Å². The van der Waals surface area contributed by atoms with E-state index in [4.69, 9.17) is 4.74 Å². The number of ether oxygens (including phenoxy) is 1. The molecule has 2 aliphatic heterocycles. The lowest BCUT2D eigenvalue weighted by atomic mass is 9.77. The molecule has 0 spiro atoms. The number of fused-ring (bicyclic) bond motifs is 1. The molecule has 1 fully saturated rings. The lowest BCUT2D eigenvalue weighted by Gasteiger charge is -2.31. The summed E-state index contributed by atoms with van der Waals surface area (Å²) in [5.74, 6) is 0.659. The maximum absolute atomic E-state index is 5.28. The van der Waals surface area contributed by atoms with Gasteiger partial charge in [0.2, 0.25) is 5.88 Å². The van der Waals surface area contributed by atoms with Gasteiger partial charge in [-0.3, -0.25) is 0 Å². The van der Waals surface area contributed by atoms with E-state index in [0.29, 0.717) is 11.9 Å². The maximum Gasteiger partial charge on any atom is 0.213 e. The molecular weight excluding hydrogens is 310 g/mol. The molecule has 134 valence electrons. The first kappa shape index (κ1) is 16.4. The van der Waals surface area contributed by atoms with E-state index in [0.717, 1.165) is 12.1 Å². The van der Waals surface area contributed by atoms with Crippen molar-refractivity contribution in [3.8, 4) is 17.0 Å². The molecule has 2 atom stereocenters. The third kappa shape index (κ3) is 2.99. The number of methoxy groups -OCH3 is 1. The van der Waals surface area contributed by atoms with Gasteiger partial charge in [0, 0.05) is 37.4 Å². The SMILES string of the molecule is COc1cc(-c2ccc3c(c2)C(C)(C[C@H]2CCCN2C)CN3)ccn1.[HH]. The monoisotopic (exact) mass is 339 g/mol. The van der Waals surface area contributed by atoms with E-state index in [9.17, 15) is 0 Å². The van der Waals surface area contributed by atoms with Crippen LogP contribution in [0.25, 0.3) is 11.1 Å². The van der Waals surface area contributed by atoms with E-state index in [1.807, 2.05) is 12.3 Å². The summed E-state index contributed by atoms with van der Waals surface area (Å²) >= 11 is 0. The van der Waals surface area contributed by atoms with Crippen molar-refractivity contribution in [2.75, 3.05) is 32.6 Å². The van der Waals surface area contributed by atoms with Gasteiger partial charge in [-0.25, -0.2) is 4.98 Å². The van der Waals surface area contributed by atoms with Crippen LogP contribution in [0.5, 0.6) is 5.88 Å². The second-order valence-corrected chi connectivity index (χ2v) is 7.74. The molecular formula is C21H29N3O. The van der Waals surface area contributed by atoms with Crippen LogP contribution in [0.3, 0.4) is 0 Å². The Bertz CT molecular complexity index is 782. The maximum atomic E-state index is 5.28. The predicted molar refractivity (Wildman–Crippen MR) is 104 cm³/mol. The zero-order valence-electron chi connectivity index (χ0n) is 15.4. The fourth-order valence-corrected chi connectivity index (χ4v) is 4.40. The summed E-state index contributed by atoms with van der Waals surface area (Å²) in [7, 11) is 3.93. The summed E-state index contributed by atoms with van der Waals surface area (Å²) in [5, 5.41) is 3.63. The summed E-state index contributed by atoms with van der Waals surface area (Å²) in [6.45, 7) is 4.67. The molecule has 1 N–H and O–H groups in total. The zero-order chi connectivity index (χ0) is 17.4. The van der Waals surface area contributed by atoms with Gasteiger partial charge in [0.25, 0.3) is 0 Å². The zero-order valence-corrected chi connectivity index (χ0v) is 15.4. The van der Waals surface area contributed by atoms with E-state index in [1.165, 1.54) is 42.6 Å². The van der Waals surface area contributed by atoms with Crippen LogP contribution in [0.2, 0.25) is 0 Å². The highest BCUT2D eigenvalue weighted by Gasteiger charge is 2.38. The lowest BCUT2D eigenvalue weighted by molar-refractivity contribution is 0.254. The van der Waals surface area contributed by atoms with Crippen LogP contribution in [0.4, 0.5) is 5.69 Å². The fourth-order valence-electron chi connectivity index (χ4n) is 4.40. The molecule has 3 heterocycles. The van der Waals surface area contributed by atoms with Crippen LogP contribution in [-0.2, 0) is 5.41 Å². The van der Waals surface area contributed by atoms with Crippen LogP contribution >= 0.6 is 0 Å². The number of likely N-dealkylation sites (tertiary alicyclic amines) is 1. The summed E-state index contributed by atoms with van der Waals surface area (Å²) in [6.07, 6.45) is 5.68. The highest BCUT2D eigenvalue weighted by atomic mass is 16.5. The minimum Gasteiger partial charge on any atom is -0.481 e. The van der Waals surface area contributed by atoms with Crippen molar-refractivity contribution in [1.29, 1.82) is 0 Å². The standard InChI is InChI=1S/C21H27N3O.H2/c1-21(13-17-5-4-10-24(17)2)14-23-19-7-6-15(11-18(19)21)16-8-9-22-20(12-16)25-3;/h6-9,11-12,17,23H,4-5,10,13-14H2,1-3H3;1H/t17-,21?;/m1./s1. The minimum atomic E-state index is 0. The average molecular weight is 339 g/mol. The molecule has 1 unspecified atom stereocenters. The Morgan fingerprint density at radius 1 is 1.32 bits per heavy atom. The second kappa shape index (κ2) is 6.34. The van der Waals surface area contributed by atoms with Gasteiger partial charge in [-0.15, -0.1) is 0 Å². The normalized spacial score (nSPS) is 25.6. The molecule has 0 bridgehead atoms. The van der Waals surface area contributed by atoms with Crippen LogP contribution in [0.15, 0.2) is 36.5 Å². The molecule has 0 aliphatic carbocycles. The molecule has 1 aromatic carbocycles. The Labute approximate surface area is 151 Å². The van der Waals surface area contributed by atoms with Crippen molar-refractivity contribution in [3.63, 3.8) is 0 Å². The van der Waals surface area contributed by atoms with Gasteiger partial charge in [-0.1, -0.05) is 13.0 Å². The Kier molecular flexibility index (Phi) is 4.16. The molecule has 4 heteroatoms. The topological polar surface area (TPSA) is 37.4 Å². The molecule has 4 nitrogen and oxygen atoms in total. The van der Waals surface area contributed by atoms with E-state index in [1.54, 1.807) is 7.11 Å². The smallest absolute Gasteiger partial charge is 0.213 e. The number of benzene rings is 1. The number of aromatic nitrogens is 1. The van der Waals surface area contributed by atoms with Gasteiger partial charge >= 0.3 is 0 Å². The summed E-state index contributed by atoms with van der Waals surface area (Å²) < 4.78 is 5.28. The van der Waals surface area contributed by atoms with E-state index in [-0.39, 0.29) is 6.84 Å². The predicted octanol–water partition coefficient (Wildman–Crippen LogP) is 4.17. The summed E-state index contributed by atoms with van der Waals surface area (Å²) in [4.78, 5) is 6.75. The molecule has 2 aliphatic rings. The first-order valence-electron chi connectivity index (χ1n) is 9.18. The van der Waals surface area contributed by atoms with Gasteiger partial charge < -0.3 is 15.0 Å². The number of rotatable bonds is 4. The van der Waals surface area contributed by atoms with Gasteiger partial charge in [-0.05, 0) is 67.7 Å². The van der Waals surface area contributed by atoms with Crippen molar-refractivity contribution in [3.05, 3.63) is 42.1 Å². The van der Waals surface area contributed by atoms with Gasteiger partial charge in [-0.2, -0.15) is 0 Å². The first-order chi connectivity index (χ1) is 12.1. The van der Waals surface area contributed by atoms with Crippen LogP contribution < -0.4 is 10.1 Å². The third-order valence-electron chi connectivity index (χ3n) is 5.97. The van der Waals surface area contributed by atoms with Crippen molar-refractivity contribution < 1.29 is 6.16 Å². The molecule has 1 saturated heterocycles. The first-order valence-corrected chi connectivity index (χ1v) is 9.18. The number of pyridine rings is 1. The Balaban J connectivity index is 0.00000196. The largest absolute Gasteiger partial charge is 0.481 e. The highest BCUT2D eigenvalue weighted by molar-refractivity contribution is 5.72. The number of anilines is 1. The molecule has 0 amide bonds.